The average molecular weight is 297 g/mol. The molecule has 0 saturated carbocycles. The highest BCUT2D eigenvalue weighted by Gasteiger charge is 2.22. The summed E-state index contributed by atoms with van der Waals surface area (Å²) in [5.41, 5.74) is 1.61. The number of rotatable bonds is 5. The lowest BCUT2D eigenvalue weighted by Crippen LogP contribution is -2.25. The lowest BCUT2D eigenvalue weighted by Gasteiger charge is -2.18. The van der Waals surface area contributed by atoms with Crippen LogP contribution in [-0.2, 0) is 3.79 Å². The van der Waals surface area contributed by atoms with E-state index in [1.807, 2.05) is 12.1 Å². The summed E-state index contributed by atoms with van der Waals surface area (Å²) in [7, 11) is 0. The fourth-order valence-electron chi connectivity index (χ4n) is 1.51. The molecule has 0 radical (unpaired) electrons. The van der Waals surface area contributed by atoms with Crippen LogP contribution in [0, 0.1) is 0 Å². The largest absolute Gasteiger partial charge is 0.394 e. The van der Waals surface area contributed by atoms with Crippen molar-refractivity contribution in [1.82, 2.24) is 5.32 Å². The maximum absolute atomic E-state index is 9.29. The molecule has 2 nitrogen and oxygen atoms in total. The van der Waals surface area contributed by atoms with E-state index in [1.165, 1.54) is 0 Å². The quantitative estimate of drug-likeness (QED) is 0.815. The Balaban J connectivity index is 2.78. The van der Waals surface area contributed by atoms with Gasteiger partial charge < -0.3 is 10.4 Å². The fraction of sp³-hybridized carbons (Fsp3) is 0.500. The molecule has 0 bridgehead atoms. The molecule has 5 heteroatoms. The Morgan fingerprint density at radius 2 is 1.82 bits per heavy atom. The lowest BCUT2D eigenvalue weighted by molar-refractivity contribution is 0.245. The highest BCUT2D eigenvalue weighted by Crippen LogP contribution is 2.38. The molecule has 0 heterocycles. The van der Waals surface area contributed by atoms with Gasteiger partial charge >= 0.3 is 0 Å². The van der Waals surface area contributed by atoms with E-state index >= 15 is 0 Å². The second kappa shape index (κ2) is 6.81. The third-order valence-electron chi connectivity index (χ3n) is 2.46. The van der Waals surface area contributed by atoms with Crippen LogP contribution in [0.15, 0.2) is 24.3 Å². The Morgan fingerprint density at radius 3 is 2.24 bits per heavy atom. The zero-order chi connectivity index (χ0) is 12.9. The Bertz CT molecular complexity index is 335. The Hall–Kier alpha value is 0.01000. The van der Waals surface area contributed by atoms with Crippen LogP contribution in [0.4, 0.5) is 0 Å². The predicted molar refractivity (Wildman–Crippen MR) is 73.8 cm³/mol. The summed E-state index contributed by atoms with van der Waals surface area (Å²) in [6.07, 6.45) is 1.02. The van der Waals surface area contributed by atoms with Crippen molar-refractivity contribution in [1.29, 1.82) is 0 Å². The molecule has 0 aliphatic rings. The van der Waals surface area contributed by atoms with Gasteiger partial charge in [-0.1, -0.05) is 66.0 Å². The first-order valence-corrected chi connectivity index (χ1v) is 6.63. The maximum atomic E-state index is 9.29. The number of benzene rings is 1. The number of aliphatic hydroxyl groups is 1. The molecule has 96 valence electrons. The van der Waals surface area contributed by atoms with Gasteiger partial charge in [-0.3, -0.25) is 0 Å². The van der Waals surface area contributed by atoms with Crippen molar-refractivity contribution >= 4 is 34.8 Å². The standard InChI is InChI=1S/C12H16Cl3NO/c1-2-7-16-11(8-17)9-3-5-10(6-4-9)12(13,14)15/h3-6,11,16-17H,2,7-8H2,1H3. The SMILES string of the molecule is CCCNC(CO)c1ccc(C(Cl)(Cl)Cl)cc1. The van der Waals surface area contributed by atoms with E-state index in [0.717, 1.165) is 18.5 Å². The van der Waals surface area contributed by atoms with Gasteiger partial charge in [0.2, 0.25) is 3.79 Å². The normalized spacial score (nSPS) is 13.7. The molecule has 1 aromatic carbocycles. The van der Waals surface area contributed by atoms with Gasteiger partial charge in [0.15, 0.2) is 0 Å². The maximum Gasteiger partial charge on any atom is 0.216 e. The summed E-state index contributed by atoms with van der Waals surface area (Å²) in [4.78, 5) is 0. The molecular formula is C12H16Cl3NO. The third-order valence-corrected chi connectivity index (χ3v) is 3.12. The number of halogens is 3. The zero-order valence-electron chi connectivity index (χ0n) is 9.59. The fourth-order valence-corrected chi connectivity index (χ4v) is 1.89. The van der Waals surface area contributed by atoms with Crippen molar-refractivity contribution in [2.45, 2.75) is 23.2 Å². The van der Waals surface area contributed by atoms with Crippen LogP contribution < -0.4 is 5.32 Å². The minimum absolute atomic E-state index is 0.0487. The van der Waals surface area contributed by atoms with Crippen LogP contribution in [0.3, 0.4) is 0 Å². The summed E-state index contributed by atoms with van der Waals surface area (Å²) in [6.45, 7) is 2.98. The number of aliphatic hydroxyl groups excluding tert-OH is 1. The van der Waals surface area contributed by atoms with Gasteiger partial charge in [-0.15, -0.1) is 0 Å². The van der Waals surface area contributed by atoms with Crippen LogP contribution in [0.2, 0.25) is 0 Å². The first kappa shape index (κ1) is 15.1. The molecule has 0 aliphatic heterocycles. The molecule has 1 rings (SSSR count). The van der Waals surface area contributed by atoms with Crippen LogP contribution in [0.25, 0.3) is 0 Å². The second-order valence-electron chi connectivity index (χ2n) is 3.81. The van der Waals surface area contributed by atoms with E-state index in [9.17, 15) is 5.11 Å². The van der Waals surface area contributed by atoms with E-state index in [1.54, 1.807) is 12.1 Å². The molecule has 0 fully saturated rings. The molecule has 0 saturated heterocycles. The van der Waals surface area contributed by atoms with Crippen molar-refractivity contribution in [2.75, 3.05) is 13.2 Å². The van der Waals surface area contributed by atoms with E-state index in [2.05, 4.69) is 12.2 Å². The summed E-state index contributed by atoms with van der Waals surface area (Å²) in [6, 6.07) is 7.18. The Labute approximate surface area is 117 Å². The minimum Gasteiger partial charge on any atom is -0.394 e. The lowest BCUT2D eigenvalue weighted by atomic mass is 10.1. The minimum atomic E-state index is -1.40. The summed E-state index contributed by atoms with van der Waals surface area (Å²) in [5.74, 6) is 0. The first-order valence-electron chi connectivity index (χ1n) is 5.50. The van der Waals surface area contributed by atoms with E-state index in [0.29, 0.717) is 5.56 Å². The van der Waals surface area contributed by atoms with Gasteiger partial charge in [-0.25, -0.2) is 0 Å². The smallest absolute Gasteiger partial charge is 0.216 e. The highest BCUT2D eigenvalue weighted by atomic mass is 35.6. The van der Waals surface area contributed by atoms with Gasteiger partial charge in [0.1, 0.15) is 0 Å². The molecule has 2 N–H and O–H groups in total. The van der Waals surface area contributed by atoms with Crippen LogP contribution in [0.1, 0.15) is 30.5 Å². The number of alkyl halides is 3. The Morgan fingerprint density at radius 1 is 1.24 bits per heavy atom. The van der Waals surface area contributed by atoms with Gasteiger partial charge in [0, 0.05) is 5.56 Å². The molecule has 0 aliphatic carbocycles. The zero-order valence-corrected chi connectivity index (χ0v) is 11.9. The molecule has 1 aromatic rings. The topological polar surface area (TPSA) is 32.3 Å². The van der Waals surface area contributed by atoms with Crippen molar-refractivity contribution in [2.24, 2.45) is 0 Å². The van der Waals surface area contributed by atoms with Crippen LogP contribution in [-0.4, -0.2) is 18.3 Å². The summed E-state index contributed by atoms with van der Waals surface area (Å²) < 4.78 is -1.40. The number of hydrogen-bond acceptors (Lipinski definition) is 2. The molecule has 0 amide bonds. The van der Waals surface area contributed by atoms with Gasteiger partial charge in [0.05, 0.1) is 12.6 Å². The molecule has 1 atom stereocenters. The van der Waals surface area contributed by atoms with Crippen molar-refractivity contribution in [3.05, 3.63) is 35.4 Å². The van der Waals surface area contributed by atoms with Crippen molar-refractivity contribution in [3.63, 3.8) is 0 Å². The monoisotopic (exact) mass is 295 g/mol. The molecule has 17 heavy (non-hydrogen) atoms. The van der Waals surface area contributed by atoms with E-state index in [-0.39, 0.29) is 12.6 Å². The average Bonchev–Trinajstić information content (AvgIpc) is 2.29. The number of hydrogen-bond donors (Lipinski definition) is 2. The van der Waals surface area contributed by atoms with Crippen LogP contribution in [0.5, 0.6) is 0 Å². The van der Waals surface area contributed by atoms with E-state index < -0.39 is 3.79 Å². The molecule has 0 spiro atoms. The summed E-state index contributed by atoms with van der Waals surface area (Å²) >= 11 is 17.3. The second-order valence-corrected chi connectivity index (χ2v) is 6.09. The number of nitrogens with one attached hydrogen (secondary N) is 1. The van der Waals surface area contributed by atoms with Crippen LogP contribution >= 0.6 is 34.8 Å². The van der Waals surface area contributed by atoms with Crippen molar-refractivity contribution in [3.8, 4) is 0 Å². The molecular weight excluding hydrogens is 280 g/mol. The third kappa shape index (κ3) is 4.65. The van der Waals surface area contributed by atoms with Gasteiger partial charge in [0.25, 0.3) is 0 Å². The molecule has 0 aromatic heterocycles. The summed E-state index contributed by atoms with van der Waals surface area (Å²) in [5, 5.41) is 12.5. The highest BCUT2D eigenvalue weighted by molar-refractivity contribution is 6.66. The Kier molecular flexibility index (Phi) is 6.04. The first-order chi connectivity index (χ1) is 7.99. The van der Waals surface area contributed by atoms with Gasteiger partial charge in [-0.05, 0) is 18.5 Å². The van der Waals surface area contributed by atoms with Gasteiger partial charge in [-0.2, -0.15) is 0 Å². The predicted octanol–water partition coefficient (Wildman–Crippen LogP) is 3.55. The molecule has 1 unspecified atom stereocenters. The van der Waals surface area contributed by atoms with E-state index in [4.69, 9.17) is 34.8 Å². The van der Waals surface area contributed by atoms with Crippen molar-refractivity contribution < 1.29 is 5.11 Å².